The maximum Gasteiger partial charge on any atom is 0.254 e. The van der Waals surface area contributed by atoms with Gasteiger partial charge in [-0.1, -0.05) is 25.1 Å². The Bertz CT molecular complexity index is 823. The number of hydrogen-bond donors (Lipinski definition) is 0. The van der Waals surface area contributed by atoms with E-state index < -0.39 is 0 Å². The fourth-order valence-electron chi connectivity index (χ4n) is 3.58. The van der Waals surface area contributed by atoms with Gasteiger partial charge in [0.1, 0.15) is 12.3 Å². The molecule has 0 bridgehead atoms. The van der Waals surface area contributed by atoms with Crippen LogP contribution in [-0.2, 0) is 22.5 Å². The summed E-state index contributed by atoms with van der Waals surface area (Å²) >= 11 is 0. The second-order valence-corrected chi connectivity index (χ2v) is 7.51. The Labute approximate surface area is 178 Å². The predicted molar refractivity (Wildman–Crippen MR) is 115 cm³/mol. The average molecular weight is 411 g/mol. The summed E-state index contributed by atoms with van der Waals surface area (Å²) in [5.41, 5.74) is 1.73. The Morgan fingerprint density at radius 3 is 2.60 bits per heavy atom. The summed E-state index contributed by atoms with van der Waals surface area (Å²) in [5.74, 6) is 0.390. The Hall–Kier alpha value is -2.86. The van der Waals surface area contributed by atoms with Gasteiger partial charge in [0, 0.05) is 25.3 Å². The minimum atomic E-state index is -0.180. The first kappa shape index (κ1) is 21.8. The summed E-state index contributed by atoms with van der Waals surface area (Å²) in [5, 5.41) is 0. The van der Waals surface area contributed by atoms with Gasteiger partial charge < -0.3 is 19.0 Å². The zero-order chi connectivity index (χ0) is 21.3. The van der Waals surface area contributed by atoms with Crippen LogP contribution in [0.4, 0.5) is 0 Å². The van der Waals surface area contributed by atoms with E-state index >= 15 is 0 Å². The normalized spacial score (nSPS) is 15.7. The van der Waals surface area contributed by atoms with Crippen LogP contribution in [-0.4, -0.2) is 54.0 Å². The van der Waals surface area contributed by atoms with E-state index in [4.69, 9.17) is 9.15 Å². The summed E-state index contributed by atoms with van der Waals surface area (Å²) in [6.45, 7) is 7.66. The zero-order valence-electron chi connectivity index (χ0n) is 17.6. The molecule has 6 nitrogen and oxygen atoms in total. The molecule has 6 heteroatoms. The number of carbonyl (C=O) groups excluding carboxylic acids is 2. The molecular weight excluding hydrogens is 380 g/mol. The van der Waals surface area contributed by atoms with Gasteiger partial charge in [0.05, 0.1) is 18.9 Å². The van der Waals surface area contributed by atoms with E-state index in [1.165, 1.54) is 10.5 Å². The third kappa shape index (κ3) is 5.83. The van der Waals surface area contributed by atoms with Crippen molar-refractivity contribution in [2.45, 2.75) is 38.8 Å². The lowest BCUT2D eigenvalue weighted by molar-refractivity contribution is -0.134. The quantitative estimate of drug-likeness (QED) is 0.561. The largest absolute Gasteiger partial charge is 0.467 e. The Balaban J connectivity index is 1.71. The lowest BCUT2D eigenvalue weighted by Gasteiger charge is -2.28. The molecule has 0 unspecified atom stereocenters. The van der Waals surface area contributed by atoms with Crippen molar-refractivity contribution in [1.82, 2.24) is 9.80 Å². The number of ether oxygens (including phenoxy) is 1. The van der Waals surface area contributed by atoms with Crippen molar-refractivity contribution in [1.29, 1.82) is 0 Å². The lowest BCUT2D eigenvalue weighted by atomic mass is 10.1. The molecule has 1 saturated heterocycles. The third-order valence-electron chi connectivity index (χ3n) is 5.30. The number of amides is 2. The van der Waals surface area contributed by atoms with Gasteiger partial charge in [0.15, 0.2) is 0 Å². The minimum absolute atomic E-state index is 0.0200. The number of carbonyl (C=O) groups is 2. The fourth-order valence-corrected chi connectivity index (χ4v) is 3.58. The van der Waals surface area contributed by atoms with Gasteiger partial charge in [0.2, 0.25) is 5.91 Å². The van der Waals surface area contributed by atoms with Gasteiger partial charge in [-0.3, -0.25) is 9.59 Å². The maximum atomic E-state index is 13.2. The van der Waals surface area contributed by atoms with Crippen LogP contribution in [0.1, 0.15) is 41.4 Å². The van der Waals surface area contributed by atoms with Gasteiger partial charge in [-0.2, -0.15) is 0 Å². The highest BCUT2D eigenvalue weighted by Crippen LogP contribution is 2.16. The number of furan rings is 1. The maximum absolute atomic E-state index is 13.2. The summed E-state index contributed by atoms with van der Waals surface area (Å²) in [7, 11) is 0. The zero-order valence-corrected chi connectivity index (χ0v) is 17.6. The van der Waals surface area contributed by atoms with E-state index in [9.17, 15) is 9.59 Å². The van der Waals surface area contributed by atoms with Crippen molar-refractivity contribution < 1.29 is 18.7 Å². The molecule has 0 saturated carbocycles. The molecule has 1 aliphatic rings. The molecule has 1 atom stereocenters. The van der Waals surface area contributed by atoms with E-state index in [0.29, 0.717) is 31.0 Å². The number of benzene rings is 1. The summed E-state index contributed by atoms with van der Waals surface area (Å²) < 4.78 is 11.2. The number of hydrogen-bond acceptors (Lipinski definition) is 4. The molecule has 30 heavy (non-hydrogen) atoms. The molecular formula is C24H30N2O4. The highest BCUT2D eigenvalue weighted by molar-refractivity contribution is 5.96. The van der Waals surface area contributed by atoms with Gasteiger partial charge in [-0.15, -0.1) is 6.58 Å². The molecule has 2 heterocycles. The fraction of sp³-hybridized carbons (Fsp3) is 0.417. The first-order chi connectivity index (χ1) is 14.6. The molecule has 160 valence electrons. The van der Waals surface area contributed by atoms with Crippen LogP contribution in [0.15, 0.2) is 59.7 Å². The van der Waals surface area contributed by atoms with Gasteiger partial charge in [-0.25, -0.2) is 0 Å². The van der Waals surface area contributed by atoms with Crippen molar-refractivity contribution in [3.05, 3.63) is 72.2 Å². The molecule has 1 aromatic heterocycles. The molecule has 1 fully saturated rings. The van der Waals surface area contributed by atoms with Gasteiger partial charge in [-0.05, 0) is 49.1 Å². The van der Waals surface area contributed by atoms with Crippen molar-refractivity contribution in [2.24, 2.45) is 0 Å². The molecule has 0 N–H and O–H groups in total. The van der Waals surface area contributed by atoms with Crippen LogP contribution >= 0.6 is 0 Å². The van der Waals surface area contributed by atoms with Crippen LogP contribution in [0, 0.1) is 0 Å². The smallest absolute Gasteiger partial charge is 0.254 e. The van der Waals surface area contributed by atoms with Crippen molar-refractivity contribution in [3.8, 4) is 0 Å². The standard InChI is InChI=1S/C24H30N2O4/c1-3-13-25(24(28)20-11-9-19(4-2)10-12-20)18-23(27)26(16-21-7-5-14-29-21)17-22-8-6-15-30-22/h3,5,7,9-12,14,22H,1,4,6,8,13,15-18H2,2H3/t22-/m0/s1. The van der Waals surface area contributed by atoms with E-state index in [1.807, 2.05) is 30.3 Å². The van der Waals surface area contributed by atoms with E-state index in [0.717, 1.165) is 25.9 Å². The number of aryl methyl sites for hydroxylation is 1. The molecule has 2 aromatic rings. The Morgan fingerprint density at radius 2 is 2.00 bits per heavy atom. The lowest BCUT2D eigenvalue weighted by Crippen LogP contribution is -2.45. The number of nitrogens with zero attached hydrogens (tertiary/aromatic N) is 2. The van der Waals surface area contributed by atoms with Gasteiger partial charge >= 0.3 is 0 Å². The van der Waals surface area contributed by atoms with E-state index in [-0.39, 0.29) is 24.5 Å². The molecule has 1 aliphatic heterocycles. The van der Waals surface area contributed by atoms with E-state index in [1.54, 1.807) is 23.3 Å². The SMILES string of the molecule is C=CCN(CC(=O)N(Cc1ccco1)C[C@@H]1CCCO1)C(=O)c1ccc(CC)cc1. The van der Waals surface area contributed by atoms with Crippen LogP contribution in [0.2, 0.25) is 0 Å². The monoisotopic (exact) mass is 410 g/mol. The second kappa shape index (κ2) is 10.8. The first-order valence-corrected chi connectivity index (χ1v) is 10.5. The van der Waals surface area contributed by atoms with Crippen LogP contribution in [0.5, 0.6) is 0 Å². The highest BCUT2D eigenvalue weighted by Gasteiger charge is 2.26. The third-order valence-corrected chi connectivity index (χ3v) is 5.30. The Kier molecular flexibility index (Phi) is 7.85. The molecule has 0 spiro atoms. The van der Waals surface area contributed by atoms with E-state index in [2.05, 4.69) is 13.5 Å². The molecule has 1 aromatic carbocycles. The van der Waals surface area contributed by atoms with Crippen molar-refractivity contribution in [3.63, 3.8) is 0 Å². The highest BCUT2D eigenvalue weighted by atomic mass is 16.5. The topological polar surface area (TPSA) is 63.0 Å². The first-order valence-electron chi connectivity index (χ1n) is 10.5. The van der Waals surface area contributed by atoms with Crippen LogP contribution < -0.4 is 0 Å². The minimum Gasteiger partial charge on any atom is -0.467 e. The summed E-state index contributed by atoms with van der Waals surface area (Å²) in [6, 6.07) is 11.2. The van der Waals surface area contributed by atoms with Crippen molar-refractivity contribution in [2.75, 3.05) is 26.2 Å². The van der Waals surface area contributed by atoms with Crippen LogP contribution in [0.25, 0.3) is 0 Å². The average Bonchev–Trinajstić information content (AvgIpc) is 3.47. The van der Waals surface area contributed by atoms with Gasteiger partial charge in [0.25, 0.3) is 5.91 Å². The molecule has 0 radical (unpaired) electrons. The molecule has 2 amide bonds. The second-order valence-electron chi connectivity index (χ2n) is 7.51. The molecule has 0 aliphatic carbocycles. The van der Waals surface area contributed by atoms with Crippen LogP contribution in [0.3, 0.4) is 0 Å². The summed E-state index contributed by atoms with van der Waals surface area (Å²) in [6.07, 6.45) is 6.10. The Morgan fingerprint density at radius 1 is 1.20 bits per heavy atom. The summed E-state index contributed by atoms with van der Waals surface area (Å²) in [4.78, 5) is 29.4. The molecule has 3 rings (SSSR count). The van der Waals surface area contributed by atoms with Crippen molar-refractivity contribution >= 4 is 11.8 Å². The number of rotatable bonds is 10. The predicted octanol–water partition coefficient (Wildman–Crippen LogP) is 3.68.